The first-order valence-corrected chi connectivity index (χ1v) is 12.0. The van der Waals surface area contributed by atoms with E-state index in [-0.39, 0.29) is 34.4 Å². The van der Waals surface area contributed by atoms with Gasteiger partial charge < -0.3 is 14.8 Å². The highest BCUT2D eigenvalue weighted by Crippen LogP contribution is 2.37. The van der Waals surface area contributed by atoms with Crippen LogP contribution in [-0.2, 0) is 14.4 Å². The highest BCUT2D eigenvalue weighted by molar-refractivity contribution is 6.39. The third kappa shape index (κ3) is 6.08. The summed E-state index contributed by atoms with van der Waals surface area (Å²) >= 11 is 18.2. The fraction of sp³-hybridized carbons (Fsp3) is 0.0769. The molecule has 194 valence electrons. The zero-order chi connectivity index (χ0) is 27.4. The van der Waals surface area contributed by atoms with Crippen LogP contribution in [0.25, 0.3) is 6.08 Å². The molecule has 3 aromatic rings. The van der Waals surface area contributed by atoms with Gasteiger partial charge in [0.05, 0.1) is 17.8 Å². The second kappa shape index (κ2) is 11.6. The predicted octanol–water partition coefficient (Wildman–Crippen LogP) is 5.34. The Balaban J connectivity index is 1.55. The van der Waals surface area contributed by atoms with Gasteiger partial charge in [-0.3, -0.25) is 19.7 Å². The summed E-state index contributed by atoms with van der Waals surface area (Å²) in [5, 5.41) is 5.68. The summed E-state index contributed by atoms with van der Waals surface area (Å²) in [5.74, 6) is -1.96. The Morgan fingerprint density at radius 2 is 1.74 bits per heavy atom. The topological polar surface area (TPSA) is 114 Å². The summed E-state index contributed by atoms with van der Waals surface area (Å²) in [4.78, 5) is 51.1. The number of benzene rings is 3. The first-order chi connectivity index (χ1) is 18.2. The molecule has 3 aromatic carbocycles. The third-order valence-electron chi connectivity index (χ3n) is 5.21. The highest BCUT2D eigenvalue weighted by atomic mass is 35.5. The highest BCUT2D eigenvalue weighted by Gasteiger charge is 2.37. The van der Waals surface area contributed by atoms with Crippen molar-refractivity contribution in [3.05, 3.63) is 86.9 Å². The van der Waals surface area contributed by atoms with Crippen LogP contribution in [0, 0.1) is 0 Å². The largest absolute Gasteiger partial charge is 0.493 e. The molecule has 4 rings (SSSR count). The Bertz CT molecular complexity index is 1470. The van der Waals surface area contributed by atoms with E-state index in [0.717, 1.165) is 4.90 Å². The van der Waals surface area contributed by atoms with E-state index in [1.54, 1.807) is 36.4 Å². The fourth-order valence-corrected chi connectivity index (χ4v) is 4.09. The van der Waals surface area contributed by atoms with Crippen LogP contribution in [0.5, 0.6) is 11.5 Å². The summed E-state index contributed by atoms with van der Waals surface area (Å²) in [6.45, 7) is -0.378. The quantitative estimate of drug-likeness (QED) is 0.291. The minimum absolute atomic E-state index is 0.0573. The first-order valence-electron chi connectivity index (χ1n) is 10.9. The van der Waals surface area contributed by atoms with Crippen LogP contribution in [0.15, 0.2) is 66.2 Å². The molecule has 1 fully saturated rings. The molecule has 2 N–H and O–H groups in total. The number of nitrogens with zero attached hydrogens (tertiary/aromatic N) is 1. The maximum absolute atomic E-state index is 13.1. The average molecular weight is 575 g/mol. The van der Waals surface area contributed by atoms with Gasteiger partial charge in [0, 0.05) is 15.7 Å². The van der Waals surface area contributed by atoms with Gasteiger partial charge in [-0.25, -0.2) is 9.69 Å². The lowest BCUT2D eigenvalue weighted by Gasteiger charge is -2.26. The molecule has 0 unspecified atom stereocenters. The van der Waals surface area contributed by atoms with E-state index in [1.165, 1.54) is 37.5 Å². The van der Waals surface area contributed by atoms with Gasteiger partial charge in [-0.2, -0.15) is 0 Å². The minimum Gasteiger partial charge on any atom is -0.493 e. The lowest BCUT2D eigenvalue weighted by atomic mass is 10.1. The molecule has 1 aliphatic rings. The van der Waals surface area contributed by atoms with Crippen molar-refractivity contribution in [2.75, 3.05) is 23.9 Å². The molecular weight excluding hydrogens is 557 g/mol. The van der Waals surface area contributed by atoms with Crippen molar-refractivity contribution in [2.45, 2.75) is 0 Å². The number of rotatable bonds is 7. The molecule has 9 nitrogen and oxygen atoms in total. The molecule has 1 heterocycles. The van der Waals surface area contributed by atoms with Crippen molar-refractivity contribution in [3.63, 3.8) is 0 Å². The van der Waals surface area contributed by atoms with E-state index in [0.29, 0.717) is 21.3 Å². The minimum atomic E-state index is -0.907. The lowest BCUT2D eigenvalue weighted by Crippen LogP contribution is -2.54. The number of carbonyl (C=O) groups excluding carboxylic acids is 4. The second-order valence-corrected chi connectivity index (χ2v) is 9.10. The van der Waals surface area contributed by atoms with E-state index in [1.807, 2.05) is 0 Å². The first kappa shape index (κ1) is 27.0. The van der Waals surface area contributed by atoms with Crippen LogP contribution >= 0.6 is 34.8 Å². The molecule has 38 heavy (non-hydrogen) atoms. The maximum atomic E-state index is 13.1. The predicted molar refractivity (Wildman–Crippen MR) is 144 cm³/mol. The second-order valence-electron chi connectivity index (χ2n) is 7.82. The van der Waals surface area contributed by atoms with Gasteiger partial charge in [0.25, 0.3) is 17.7 Å². The third-order valence-corrected chi connectivity index (χ3v) is 5.97. The number of imide groups is 2. The van der Waals surface area contributed by atoms with Gasteiger partial charge in [-0.15, -0.1) is 0 Å². The molecule has 5 amide bonds. The van der Waals surface area contributed by atoms with Gasteiger partial charge in [0.2, 0.25) is 0 Å². The van der Waals surface area contributed by atoms with Gasteiger partial charge in [-0.05, 0) is 66.2 Å². The number of ether oxygens (including phenoxy) is 2. The summed E-state index contributed by atoms with van der Waals surface area (Å²) in [5.41, 5.74) is 0.709. The normalized spacial score (nSPS) is 14.4. The fourth-order valence-electron chi connectivity index (χ4n) is 3.51. The number of amides is 5. The summed E-state index contributed by atoms with van der Waals surface area (Å²) in [6.07, 6.45) is 1.26. The van der Waals surface area contributed by atoms with Crippen LogP contribution < -0.4 is 25.0 Å². The number of hydrogen-bond acceptors (Lipinski definition) is 6. The van der Waals surface area contributed by atoms with Crippen LogP contribution in [0.1, 0.15) is 5.56 Å². The van der Waals surface area contributed by atoms with E-state index >= 15 is 0 Å². The standard InChI is InChI=1S/C26H18Cl3N3O6/c1-37-21-11-14(10-20(29)23(21)38-13-22(33)30-17-7-5-15(27)6-8-17)9-19-24(34)31-26(36)32(25(19)35)18-4-2-3-16(28)12-18/h2-12H,13H2,1H3,(H,30,33)(H,31,34,36)/b19-9+. The summed E-state index contributed by atoms with van der Waals surface area (Å²) in [7, 11) is 1.36. The Labute approximate surface area is 231 Å². The molecule has 0 saturated carbocycles. The smallest absolute Gasteiger partial charge is 0.335 e. The number of urea groups is 1. The van der Waals surface area contributed by atoms with Crippen molar-refractivity contribution in [1.29, 1.82) is 0 Å². The molecule has 0 bridgehead atoms. The number of carbonyl (C=O) groups is 4. The zero-order valence-corrected chi connectivity index (χ0v) is 21.9. The van der Waals surface area contributed by atoms with E-state index in [2.05, 4.69) is 10.6 Å². The van der Waals surface area contributed by atoms with E-state index in [9.17, 15) is 19.2 Å². The van der Waals surface area contributed by atoms with Crippen molar-refractivity contribution < 1.29 is 28.7 Å². The van der Waals surface area contributed by atoms with Crippen LogP contribution in [0.3, 0.4) is 0 Å². The molecule has 0 aliphatic carbocycles. The van der Waals surface area contributed by atoms with Crippen molar-refractivity contribution >= 4 is 76.0 Å². The van der Waals surface area contributed by atoms with Gasteiger partial charge >= 0.3 is 6.03 Å². The number of methoxy groups -OCH3 is 1. The van der Waals surface area contributed by atoms with Crippen molar-refractivity contribution in [3.8, 4) is 11.5 Å². The SMILES string of the molecule is COc1cc(/C=C2\C(=O)NC(=O)N(c3cccc(Cl)c3)C2=O)cc(Cl)c1OCC(=O)Nc1ccc(Cl)cc1. The number of barbiturate groups is 1. The Morgan fingerprint density at radius 1 is 1.00 bits per heavy atom. The molecule has 12 heteroatoms. The summed E-state index contributed by atoms with van der Waals surface area (Å²) < 4.78 is 10.9. The van der Waals surface area contributed by atoms with Crippen LogP contribution in [0.2, 0.25) is 15.1 Å². The number of hydrogen-bond donors (Lipinski definition) is 2. The monoisotopic (exact) mass is 573 g/mol. The Hall–Kier alpha value is -4.05. The zero-order valence-electron chi connectivity index (χ0n) is 19.6. The van der Waals surface area contributed by atoms with Gasteiger partial charge in [0.1, 0.15) is 5.57 Å². The molecule has 0 radical (unpaired) electrons. The van der Waals surface area contributed by atoms with Crippen molar-refractivity contribution in [2.24, 2.45) is 0 Å². The molecule has 0 atom stereocenters. The average Bonchev–Trinajstić information content (AvgIpc) is 2.87. The molecule has 1 saturated heterocycles. The number of anilines is 2. The number of nitrogens with one attached hydrogen (secondary N) is 2. The summed E-state index contributed by atoms with van der Waals surface area (Å²) in [6, 6.07) is 14.6. The maximum Gasteiger partial charge on any atom is 0.335 e. The van der Waals surface area contributed by atoms with Crippen molar-refractivity contribution in [1.82, 2.24) is 5.32 Å². The molecule has 0 aromatic heterocycles. The Kier molecular flexibility index (Phi) is 8.21. The molecular formula is C26H18Cl3N3O6. The van der Waals surface area contributed by atoms with Gasteiger partial charge in [-0.1, -0.05) is 40.9 Å². The van der Waals surface area contributed by atoms with E-state index < -0.39 is 23.8 Å². The molecule has 1 aliphatic heterocycles. The Morgan fingerprint density at radius 3 is 2.42 bits per heavy atom. The molecule has 0 spiro atoms. The van der Waals surface area contributed by atoms with E-state index in [4.69, 9.17) is 44.3 Å². The van der Waals surface area contributed by atoms with Crippen LogP contribution in [-0.4, -0.2) is 37.5 Å². The number of halogens is 3. The van der Waals surface area contributed by atoms with Crippen LogP contribution in [0.4, 0.5) is 16.2 Å². The van der Waals surface area contributed by atoms with Gasteiger partial charge in [0.15, 0.2) is 18.1 Å². The lowest BCUT2D eigenvalue weighted by molar-refractivity contribution is -0.122.